The van der Waals surface area contributed by atoms with Gasteiger partial charge in [-0.1, -0.05) is 12.1 Å². The molecule has 2 aromatic rings. The molecule has 2 aliphatic rings. The van der Waals surface area contributed by atoms with Crippen molar-refractivity contribution in [2.24, 2.45) is 5.73 Å². The van der Waals surface area contributed by atoms with E-state index in [1.807, 2.05) is 0 Å². The van der Waals surface area contributed by atoms with Crippen molar-refractivity contribution in [2.45, 2.75) is 25.2 Å². The Bertz CT molecular complexity index is 1060. The van der Waals surface area contributed by atoms with Gasteiger partial charge in [-0.2, -0.15) is 15.3 Å². The topological polar surface area (TPSA) is 155 Å². The third kappa shape index (κ3) is 2.61. The summed E-state index contributed by atoms with van der Waals surface area (Å²) in [5.41, 5.74) is 8.20. The number of nitrogens with one attached hydrogen (secondary N) is 1. The van der Waals surface area contributed by atoms with Gasteiger partial charge in [0, 0.05) is 29.8 Å². The van der Waals surface area contributed by atoms with E-state index in [0.717, 1.165) is 0 Å². The lowest BCUT2D eigenvalue weighted by Gasteiger charge is -2.38. The van der Waals surface area contributed by atoms with Gasteiger partial charge in [0.1, 0.15) is 12.1 Å². The normalized spacial score (nSPS) is 19.5. The van der Waals surface area contributed by atoms with Gasteiger partial charge in [-0.3, -0.25) is 19.8 Å². The van der Waals surface area contributed by atoms with Gasteiger partial charge < -0.3 is 5.73 Å². The molecular formula is C18H15N7O3. The molecule has 0 bridgehead atoms. The van der Waals surface area contributed by atoms with E-state index in [-0.39, 0.29) is 22.9 Å². The molecule has 1 unspecified atom stereocenters. The third-order valence-electron chi connectivity index (χ3n) is 4.96. The number of hydrogen-bond donors (Lipinski definition) is 2. The summed E-state index contributed by atoms with van der Waals surface area (Å²) in [6.45, 7) is 0. The van der Waals surface area contributed by atoms with Crippen molar-refractivity contribution in [3.63, 3.8) is 0 Å². The summed E-state index contributed by atoms with van der Waals surface area (Å²) in [5.74, 6) is -0.257. The van der Waals surface area contributed by atoms with Crippen LogP contribution in [-0.4, -0.2) is 25.9 Å². The largest absolute Gasteiger partial charge is 0.384 e. The zero-order valence-corrected chi connectivity index (χ0v) is 14.6. The number of non-ortho nitro benzene ring substituents is 1. The van der Waals surface area contributed by atoms with Crippen LogP contribution in [0.4, 0.5) is 11.6 Å². The molecule has 1 aromatic heterocycles. The highest BCUT2D eigenvalue weighted by molar-refractivity contribution is 6.01. The lowest BCUT2D eigenvalue weighted by Crippen LogP contribution is -2.39. The first-order chi connectivity index (χ1) is 13.5. The van der Waals surface area contributed by atoms with Crippen molar-refractivity contribution < 1.29 is 9.72 Å². The Hall–Kier alpha value is -4.00. The number of hydrogen-bond acceptors (Lipinski definition) is 8. The highest BCUT2D eigenvalue weighted by Gasteiger charge is 2.41. The fraction of sp³-hybridized carbons (Fsp3) is 0.222. The molecule has 1 atom stereocenters. The minimum atomic E-state index is -0.673. The Balaban J connectivity index is 1.92. The number of carbonyl (C=O) groups excluding carboxylic acids is 1. The Morgan fingerprint density at radius 3 is 2.68 bits per heavy atom. The molecule has 1 aliphatic carbocycles. The van der Waals surface area contributed by atoms with Crippen LogP contribution in [0.25, 0.3) is 0 Å². The molecule has 3 N–H and O–H groups in total. The van der Waals surface area contributed by atoms with E-state index in [1.54, 1.807) is 17.0 Å². The third-order valence-corrected chi connectivity index (χ3v) is 4.96. The lowest BCUT2D eigenvalue weighted by molar-refractivity contribution is -0.384. The Labute approximate surface area is 159 Å². The molecule has 4 rings (SSSR count). The fourth-order valence-electron chi connectivity index (χ4n) is 3.76. The molecule has 10 nitrogen and oxygen atoms in total. The van der Waals surface area contributed by atoms with Gasteiger partial charge in [-0.15, -0.1) is 0 Å². The molecular weight excluding hydrogens is 362 g/mol. The van der Waals surface area contributed by atoms with Crippen LogP contribution in [-0.2, 0) is 4.79 Å². The van der Waals surface area contributed by atoms with Crippen molar-refractivity contribution in [2.75, 3.05) is 4.90 Å². The minimum Gasteiger partial charge on any atom is -0.384 e. The highest BCUT2D eigenvalue weighted by atomic mass is 16.6. The maximum atomic E-state index is 12.9. The van der Waals surface area contributed by atoms with Gasteiger partial charge in [0.15, 0.2) is 5.78 Å². The van der Waals surface area contributed by atoms with Gasteiger partial charge in [-0.25, -0.2) is 5.10 Å². The molecule has 0 radical (unpaired) electrons. The number of nitro benzene ring substituents is 1. The molecule has 0 fully saturated rings. The van der Waals surface area contributed by atoms with Crippen molar-refractivity contribution in [1.82, 2.24) is 15.2 Å². The van der Waals surface area contributed by atoms with Gasteiger partial charge in [0.25, 0.3) is 5.69 Å². The molecule has 0 spiro atoms. The smallest absolute Gasteiger partial charge is 0.269 e. The first kappa shape index (κ1) is 17.4. The van der Waals surface area contributed by atoms with Gasteiger partial charge in [0.05, 0.1) is 22.5 Å². The minimum absolute atomic E-state index is 0.0671. The Morgan fingerprint density at radius 2 is 2.07 bits per heavy atom. The van der Waals surface area contributed by atoms with Crippen LogP contribution in [0, 0.1) is 21.4 Å². The molecule has 0 amide bonds. The Kier molecular flexibility index (Phi) is 4.12. The summed E-state index contributed by atoms with van der Waals surface area (Å²) in [4.78, 5) is 29.0. The second-order valence-corrected chi connectivity index (χ2v) is 6.47. The number of Topliss-reactive ketones (excluding diaryl/α,β-unsaturated/α-hetero) is 1. The Morgan fingerprint density at radius 1 is 1.32 bits per heavy atom. The molecule has 140 valence electrons. The lowest BCUT2D eigenvalue weighted by atomic mass is 9.76. The van der Waals surface area contributed by atoms with Gasteiger partial charge >= 0.3 is 0 Å². The average Bonchev–Trinajstić information content (AvgIpc) is 3.21. The van der Waals surface area contributed by atoms with E-state index < -0.39 is 10.8 Å². The predicted octanol–water partition coefficient (Wildman–Crippen LogP) is 2.02. The molecule has 1 aromatic carbocycles. The number of nitrogens with two attached hydrogens (primary N) is 1. The molecule has 1 aliphatic heterocycles. The van der Waals surface area contributed by atoms with Crippen LogP contribution >= 0.6 is 0 Å². The number of benzene rings is 1. The summed E-state index contributed by atoms with van der Waals surface area (Å²) >= 11 is 0. The number of nitriles is 1. The molecule has 28 heavy (non-hydrogen) atoms. The number of anilines is 1. The van der Waals surface area contributed by atoms with Crippen molar-refractivity contribution in [3.8, 4) is 6.07 Å². The number of nitro groups is 1. The van der Waals surface area contributed by atoms with Crippen LogP contribution in [0.2, 0.25) is 0 Å². The number of allylic oxidation sites excluding steroid dienone is 3. The van der Waals surface area contributed by atoms with Crippen LogP contribution in [0.5, 0.6) is 0 Å². The maximum absolute atomic E-state index is 12.9. The van der Waals surface area contributed by atoms with Crippen molar-refractivity contribution >= 4 is 17.4 Å². The maximum Gasteiger partial charge on any atom is 0.269 e. The van der Waals surface area contributed by atoms with Gasteiger partial charge in [-0.05, 0) is 18.4 Å². The number of ketones is 1. The van der Waals surface area contributed by atoms with E-state index in [0.29, 0.717) is 42.0 Å². The average molecular weight is 377 g/mol. The van der Waals surface area contributed by atoms with Crippen molar-refractivity contribution in [3.05, 3.63) is 68.9 Å². The fourth-order valence-corrected chi connectivity index (χ4v) is 3.76. The zero-order valence-electron chi connectivity index (χ0n) is 14.6. The second-order valence-electron chi connectivity index (χ2n) is 6.47. The van der Waals surface area contributed by atoms with Crippen LogP contribution in [0.15, 0.2) is 53.3 Å². The van der Waals surface area contributed by atoms with Crippen LogP contribution in [0.3, 0.4) is 0 Å². The summed E-state index contributed by atoms with van der Waals surface area (Å²) < 4.78 is 0. The number of aromatic amines is 1. The number of carbonyl (C=O) groups is 1. The first-order valence-electron chi connectivity index (χ1n) is 8.58. The highest BCUT2D eigenvalue weighted by Crippen LogP contribution is 2.45. The number of rotatable bonds is 3. The van der Waals surface area contributed by atoms with Crippen molar-refractivity contribution in [1.29, 1.82) is 5.26 Å². The summed E-state index contributed by atoms with van der Waals surface area (Å²) in [5, 5.41) is 27.3. The zero-order chi connectivity index (χ0) is 19.8. The molecule has 0 saturated heterocycles. The quantitative estimate of drug-likeness (QED) is 0.608. The molecule has 2 heterocycles. The van der Waals surface area contributed by atoms with Crippen LogP contribution in [0.1, 0.15) is 30.7 Å². The van der Waals surface area contributed by atoms with Crippen LogP contribution < -0.4 is 10.6 Å². The van der Waals surface area contributed by atoms with E-state index in [1.165, 1.54) is 18.5 Å². The molecule has 10 heteroatoms. The van der Waals surface area contributed by atoms with E-state index >= 15 is 0 Å². The summed E-state index contributed by atoms with van der Waals surface area (Å²) in [7, 11) is 0. The number of H-pyrrole nitrogens is 1. The SMILES string of the molecule is N#CC1=C(N)N(c2ncn[nH]2)C2=C(C(=O)CCC2)C1c1ccc([N+](=O)[O-])cc1. The van der Waals surface area contributed by atoms with E-state index in [2.05, 4.69) is 21.3 Å². The summed E-state index contributed by atoms with van der Waals surface area (Å²) in [6, 6.07) is 7.95. The molecule has 0 saturated carbocycles. The van der Waals surface area contributed by atoms with E-state index in [9.17, 15) is 20.2 Å². The number of nitrogens with zero attached hydrogens (tertiary/aromatic N) is 5. The number of aromatic nitrogens is 3. The summed E-state index contributed by atoms with van der Waals surface area (Å²) in [6.07, 6.45) is 2.93. The van der Waals surface area contributed by atoms with E-state index in [4.69, 9.17) is 5.73 Å². The second kappa shape index (κ2) is 6.62. The van der Waals surface area contributed by atoms with Gasteiger partial charge in [0.2, 0.25) is 5.95 Å². The standard InChI is InChI=1S/C18H15N7O3/c19-8-12-15(10-4-6-11(7-5-10)25(27)28)16-13(2-1-3-14(16)26)24(17(12)20)18-21-9-22-23-18/h4-7,9,15H,1-3,20H2,(H,21,22,23). The monoisotopic (exact) mass is 377 g/mol. The predicted molar refractivity (Wildman–Crippen MR) is 97.4 cm³/mol. The first-order valence-corrected chi connectivity index (χ1v) is 8.58.